The number of nitrogens with one attached hydrogen (secondary N) is 1. The van der Waals surface area contributed by atoms with E-state index in [2.05, 4.69) is 9.97 Å². The monoisotopic (exact) mass is 409 g/mol. The number of nitrogens with zero attached hydrogens (tertiary/aromatic N) is 4. The van der Waals surface area contributed by atoms with Crippen LogP contribution < -0.4 is 10.2 Å². The zero-order valence-corrected chi connectivity index (χ0v) is 14.4. The number of hydrogen-bond acceptors (Lipinski definition) is 5. The molecular weight excluding hydrogens is 400 g/mol. The Kier molecular flexibility index (Phi) is 5.70. The van der Waals surface area contributed by atoms with Gasteiger partial charge in [0.05, 0.1) is 11.1 Å². The summed E-state index contributed by atoms with van der Waals surface area (Å²) in [7, 11) is 1.20. The second-order valence-corrected chi connectivity index (χ2v) is 5.71. The summed E-state index contributed by atoms with van der Waals surface area (Å²) in [5.74, 6) is -5.15. The van der Waals surface area contributed by atoms with E-state index in [4.69, 9.17) is 16.9 Å². The Balaban J connectivity index is 2.75. The van der Waals surface area contributed by atoms with E-state index < -0.39 is 57.7 Å². The van der Waals surface area contributed by atoms with Crippen molar-refractivity contribution in [2.24, 2.45) is 0 Å². The molecule has 0 bridgehead atoms. The Hall–Kier alpha value is -2.74. The summed E-state index contributed by atoms with van der Waals surface area (Å²) in [5.41, 5.74) is -1.55. The quantitative estimate of drug-likeness (QED) is 0.349. The fraction of sp³-hybridized carbons (Fsp3) is 0.267. The van der Waals surface area contributed by atoms with Crippen LogP contribution >= 0.6 is 11.6 Å². The summed E-state index contributed by atoms with van der Waals surface area (Å²) in [6, 6.07) is -1.52. The van der Waals surface area contributed by atoms with Gasteiger partial charge in [0.25, 0.3) is 0 Å². The van der Waals surface area contributed by atoms with Crippen LogP contribution in [0.15, 0.2) is 12.1 Å². The molecule has 0 aliphatic carbocycles. The molecule has 5 nitrogen and oxygen atoms in total. The predicted octanol–water partition coefficient (Wildman–Crippen LogP) is 4.49. The zero-order valence-electron chi connectivity index (χ0n) is 13.7. The fourth-order valence-corrected chi connectivity index (χ4v) is 2.27. The van der Waals surface area contributed by atoms with Crippen molar-refractivity contribution in [2.45, 2.75) is 19.1 Å². The van der Waals surface area contributed by atoms with Gasteiger partial charge in [-0.25, -0.2) is 13.2 Å². The van der Waals surface area contributed by atoms with Crippen molar-refractivity contribution in [3.8, 4) is 17.3 Å². The van der Waals surface area contributed by atoms with E-state index in [9.17, 15) is 26.3 Å². The zero-order chi connectivity index (χ0) is 20.5. The molecule has 0 radical (unpaired) electrons. The van der Waals surface area contributed by atoms with Crippen molar-refractivity contribution in [2.75, 3.05) is 17.3 Å². The van der Waals surface area contributed by atoms with Gasteiger partial charge in [-0.15, -0.1) is 0 Å². The summed E-state index contributed by atoms with van der Waals surface area (Å²) in [6.45, 7) is 0.741. The first-order chi connectivity index (χ1) is 12.5. The van der Waals surface area contributed by atoms with Crippen LogP contribution in [0.25, 0.3) is 11.1 Å². The molecule has 1 N–H and O–H groups in total. The maximum Gasteiger partial charge on any atom is 0.408 e. The Labute approximate surface area is 154 Å². The second kappa shape index (κ2) is 7.48. The summed E-state index contributed by atoms with van der Waals surface area (Å²) < 4.78 is 80.2. The minimum atomic E-state index is -4.73. The van der Waals surface area contributed by atoms with Crippen molar-refractivity contribution < 1.29 is 26.3 Å². The van der Waals surface area contributed by atoms with Crippen LogP contribution in [0.2, 0.25) is 5.15 Å². The van der Waals surface area contributed by atoms with Crippen LogP contribution in [0.4, 0.5) is 38.1 Å². The average molecular weight is 410 g/mol. The van der Waals surface area contributed by atoms with Crippen LogP contribution in [0.1, 0.15) is 6.92 Å². The lowest BCUT2D eigenvalue weighted by atomic mass is 10.1. The van der Waals surface area contributed by atoms with Gasteiger partial charge in [-0.2, -0.15) is 28.4 Å². The van der Waals surface area contributed by atoms with Gasteiger partial charge in [0.1, 0.15) is 34.5 Å². The minimum Gasteiger partial charge on any atom is -0.358 e. The molecule has 2 aromatic rings. The number of nitriles is 1. The van der Waals surface area contributed by atoms with E-state index in [0.29, 0.717) is 12.1 Å². The maximum atomic E-state index is 14.1. The predicted molar refractivity (Wildman–Crippen MR) is 85.5 cm³/mol. The Morgan fingerprint density at radius 2 is 1.70 bits per heavy atom. The number of halogens is 7. The molecule has 1 aromatic heterocycles. The van der Waals surface area contributed by atoms with Crippen molar-refractivity contribution >= 4 is 23.4 Å². The Morgan fingerprint density at radius 3 is 2.19 bits per heavy atom. The van der Waals surface area contributed by atoms with E-state index in [-0.39, 0.29) is 0 Å². The van der Waals surface area contributed by atoms with Gasteiger partial charge in [0.2, 0.25) is 5.95 Å². The third-order valence-corrected chi connectivity index (χ3v) is 3.68. The van der Waals surface area contributed by atoms with E-state index in [0.717, 1.165) is 11.8 Å². The highest BCUT2D eigenvalue weighted by atomic mass is 35.5. The molecule has 0 aliphatic heterocycles. The standard InChI is InChI=1S/C15H10ClF6N5/c1-6(15(20,21)22)24-13-11(10-8(18)3-7(17)4-9(10)19)12(16)25-14(26-13)27(2)5-23/h3-4,6H,1-2H3,(H,24,25,26). The molecule has 1 heterocycles. The minimum absolute atomic E-state index is 0.334. The highest BCUT2D eigenvalue weighted by Crippen LogP contribution is 2.38. The van der Waals surface area contributed by atoms with Gasteiger partial charge in [-0.3, -0.25) is 4.90 Å². The van der Waals surface area contributed by atoms with Crippen LogP contribution in [0.5, 0.6) is 0 Å². The van der Waals surface area contributed by atoms with E-state index in [1.54, 1.807) is 6.19 Å². The molecule has 0 aliphatic rings. The number of rotatable bonds is 4. The van der Waals surface area contributed by atoms with E-state index in [1.807, 2.05) is 5.32 Å². The number of anilines is 2. The molecule has 1 aromatic carbocycles. The molecule has 144 valence electrons. The number of alkyl halides is 3. The Bertz CT molecular complexity index is 888. The van der Waals surface area contributed by atoms with E-state index in [1.165, 1.54) is 7.05 Å². The van der Waals surface area contributed by atoms with Crippen molar-refractivity contribution in [1.29, 1.82) is 5.26 Å². The number of benzene rings is 1. The van der Waals surface area contributed by atoms with Crippen LogP contribution in [-0.2, 0) is 0 Å². The first kappa shape index (κ1) is 20.6. The summed E-state index contributed by atoms with van der Waals surface area (Å²) in [4.78, 5) is 8.15. The van der Waals surface area contributed by atoms with Gasteiger partial charge in [0, 0.05) is 19.2 Å². The maximum absolute atomic E-state index is 14.1. The lowest BCUT2D eigenvalue weighted by molar-refractivity contribution is -0.138. The smallest absolute Gasteiger partial charge is 0.358 e. The van der Waals surface area contributed by atoms with Gasteiger partial charge < -0.3 is 5.32 Å². The molecule has 0 saturated heterocycles. The summed E-state index contributed by atoms with van der Waals surface area (Å²) in [6.07, 6.45) is -3.12. The van der Waals surface area contributed by atoms with E-state index >= 15 is 0 Å². The number of aromatic nitrogens is 2. The van der Waals surface area contributed by atoms with Gasteiger partial charge in [-0.05, 0) is 6.92 Å². The highest BCUT2D eigenvalue weighted by molar-refractivity contribution is 6.32. The summed E-state index contributed by atoms with van der Waals surface area (Å²) in [5, 5.41) is 10.2. The molecule has 2 rings (SSSR count). The lowest BCUT2D eigenvalue weighted by Crippen LogP contribution is -2.34. The fourth-order valence-electron chi connectivity index (χ4n) is 2.01. The summed E-state index contributed by atoms with van der Waals surface area (Å²) >= 11 is 5.92. The molecule has 0 fully saturated rings. The average Bonchev–Trinajstić information content (AvgIpc) is 2.54. The number of hydrogen-bond donors (Lipinski definition) is 1. The highest BCUT2D eigenvalue weighted by Gasteiger charge is 2.37. The molecule has 1 atom stereocenters. The van der Waals surface area contributed by atoms with Crippen LogP contribution in [0.3, 0.4) is 0 Å². The van der Waals surface area contributed by atoms with Crippen molar-refractivity contribution in [1.82, 2.24) is 9.97 Å². The molecule has 27 heavy (non-hydrogen) atoms. The van der Waals surface area contributed by atoms with Crippen LogP contribution in [-0.4, -0.2) is 29.2 Å². The van der Waals surface area contributed by atoms with Crippen LogP contribution in [0, 0.1) is 28.9 Å². The molecule has 0 saturated carbocycles. The molecular formula is C15H10ClF6N5. The molecule has 1 unspecified atom stereocenters. The molecule has 0 spiro atoms. The van der Waals surface area contributed by atoms with Crippen molar-refractivity contribution in [3.63, 3.8) is 0 Å². The second-order valence-electron chi connectivity index (χ2n) is 5.35. The van der Waals surface area contributed by atoms with Gasteiger partial charge in [-0.1, -0.05) is 11.6 Å². The Morgan fingerprint density at radius 1 is 1.15 bits per heavy atom. The normalized spacial score (nSPS) is 12.4. The SMILES string of the molecule is CC(Nc1nc(N(C)C#N)nc(Cl)c1-c1c(F)cc(F)cc1F)C(F)(F)F. The first-order valence-electron chi connectivity index (χ1n) is 7.14. The molecule has 12 heteroatoms. The lowest BCUT2D eigenvalue weighted by Gasteiger charge is -2.21. The third kappa shape index (κ3) is 4.33. The topological polar surface area (TPSA) is 64.8 Å². The van der Waals surface area contributed by atoms with Crippen molar-refractivity contribution in [3.05, 3.63) is 34.7 Å². The molecule has 0 amide bonds. The van der Waals surface area contributed by atoms with Gasteiger partial charge in [0.15, 0.2) is 6.19 Å². The van der Waals surface area contributed by atoms with Gasteiger partial charge >= 0.3 is 6.18 Å². The largest absolute Gasteiger partial charge is 0.408 e. The first-order valence-corrected chi connectivity index (χ1v) is 7.52. The third-order valence-electron chi connectivity index (χ3n) is 3.40.